The molecule has 3 aliphatic heterocycles. The molecule has 19 heteroatoms. The lowest BCUT2D eigenvalue weighted by atomic mass is 9.87. The van der Waals surface area contributed by atoms with E-state index in [1.54, 1.807) is 29.5 Å². The van der Waals surface area contributed by atoms with Gasteiger partial charge in [-0.15, -0.1) is 28.0 Å². The lowest BCUT2D eigenvalue weighted by Crippen LogP contribution is -2.48. The van der Waals surface area contributed by atoms with Gasteiger partial charge in [0.05, 0.1) is 40.0 Å². The summed E-state index contributed by atoms with van der Waals surface area (Å²) in [6, 6.07) is 16.5. The summed E-state index contributed by atoms with van der Waals surface area (Å²) in [6.45, 7) is 11.0. The number of aromatic amines is 1. The van der Waals surface area contributed by atoms with Crippen LogP contribution in [0.4, 0.5) is 5.95 Å². The smallest absolute Gasteiger partial charge is 0.255 e. The van der Waals surface area contributed by atoms with Crippen molar-refractivity contribution < 1.29 is 33.8 Å². The zero-order valence-electron chi connectivity index (χ0n) is 43.9. The number of likely N-dealkylation sites (tertiary alicyclic amines) is 2. The lowest BCUT2D eigenvalue weighted by Gasteiger charge is -2.41. The molecule has 77 heavy (non-hydrogen) atoms. The van der Waals surface area contributed by atoms with Crippen molar-refractivity contribution in [1.29, 1.82) is 0 Å². The molecular formula is C58H65N11O7S. The number of β-amino-alcohol motifs (C(OH)–C–C–N with tert-alkyl or cyclic N) is 1. The van der Waals surface area contributed by atoms with Crippen LogP contribution in [0.5, 0.6) is 17.4 Å². The second-order valence-electron chi connectivity index (χ2n) is 21.3. The minimum atomic E-state index is -0.882. The van der Waals surface area contributed by atoms with Crippen LogP contribution in [0.25, 0.3) is 32.7 Å². The average Bonchev–Trinajstić information content (AvgIpc) is 4.31. The molecule has 3 fully saturated rings. The summed E-state index contributed by atoms with van der Waals surface area (Å²) in [5.74, 6) is 3.22. The molecule has 5 aromatic heterocycles. The van der Waals surface area contributed by atoms with E-state index in [1.807, 2.05) is 69.0 Å². The first kappa shape index (κ1) is 51.7. The molecule has 4 atom stereocenters. The van der Waals surface area contributed by atoms with E-state index in [1.165, 1.54) is 10.5 Å². The fraction of sp³-hybridized carbons (Fsp3) is 0.448. The number of carbonyl (C=O) groups excluding carboxylic acids is 2. The number of amides is 2. The van der Waals surface area contributed by atoms with Gasteiger partial charge < -0.3 is 49.2 Å². The first-order valence-corrected chi connectivity index (χ1v) is 27.8. The van der Waals surface area contributed by atoms with Crippen LogP contribution < -0.4 is 19.7 Å². The molecule has 1 aliphatic carbocycles. The molecule has 2 amide bonds. The van der Waals surface area contributed by atoms with Gasteiger partial charge in [0, 0.05) is 84.7 Å². The van der Waals surface area contributed by atoms with Gasteiger partial charge in [0.2, 0.25) is 17.8 Å². The molecule has 8 heterocycles. The summed E-state index contributed by atoms with van der Waals surface area (Å²) < 4.78 is 17.8. The Hall–Kier alpha value is -7.40. The summed E-state index contributed by atoms with van der Waals surface area (Å²) in [5.41, 5.74) is 10.1. The highest BCUT2D eigenvalue weighted by Crippen LogP contribution is 2.41. The molecule has 1 unspecified atom stereocenters. The van der Waals surface area contributed by atoms with Gasteiger partial charge in [-0.25, -0.2) is 15.0 Å². The number of carbonyl (C=O) groups is 2. The van der Waals surface area contributed by atoms with Crippen molar-refractivity contribution in [3.05, 3.63) is 106 Å². The van der Waals surface area contributed by atoms with Crippen molar-refractivity contribution in [3.8, 4) is 51.4 Å². The molecule has 1 saturated carbocycles. The topological polar surface area (TPSA) is 221 Å². The quantitative estimate of drug-likeness (QED) is 0.0710. The van der Waals surface area contributed by atoms with E-state index < -0.39 is 18.1 Å². The largest absolute Gasteiger partial charge is 0.507 e. The molecule has 0 radical (unpaired) electrons. The summed E-state index contributed by atoms with van der Waals surface area (Å²) >= 11 is 1.58. The molecule has 0 spiro atoms. The van der Waals surface area contributed by atoms with E-state index in [-0.39, 0.29) is 67.6 Å². The molecule has 11 rings (SSSR count). The Kier molecular flexibility index (Phi) is 15.0. The van der Waals surface area contributed by atoms with Crippen molar-refractivity contribution in [2.75, 3.05) is 37.7 Å². The summed E-state index contributed by atoms with van der Waals surface area (Å²) in [7, 11) is 0. The summed E-state index contributed by atoms with van der Waals surface area (Å²) in [6.07, 6.45) is 15.4. The predicted octanol–water partition coefficient (Wildman–Crippen LogP) is 8.26. The van der Waals surface area contributed by atoms with Gasteiger partial charge in [0.15, 0.2) is 18.0 Å². The highest BCUT2D eigenvalue weighted by molar-refractivity contribution is 7.13. The maximum absolute atomic E-state index is 14.2. The third-order valence-corrected chi connectivity index (χ3v) is 17.1. The number of fused-ring (bicyclic) bond motifs is 3. The molecule has 0 bridgehead atoms. The molecule has 4 N–H and O–H groups in total. The van der Waals surface area contributed by atoms with Gasteiger partial charge in [-0.3, -0.25) is 9.59 Å². The Balaban J connectivity index is 0.697. The highest BCUT2D eigenvalue weighted by atomic mass is 32.1. The van der Waals surface area contributed by atoms with Crippen LogP contribution in [0.3, 0.4) is 0 Å². The third-order valence-electron chi connectivity index (χ3n) is 16.2. The Labute approximate surface area is 451 Å². The summed E-state index contributed by atoms with van der Waals surface area (Å²) in [4.78, 5) is 53.6. The van der Waals surface area contributed by atoms with Crippen molar-refractivity contribution in [1.82, 2.24) is 50.4 Å². The van der Waals surface area contributed by atoms with Crippen LogP contribution in [-0.4, -0.2) is 124 Å². The van der Waals surface area contributed by atoms with Crippen LogP contribution in [0.15, 0.2) is 77.0 Å². The Morgan fingerprint density at radius 3 is 2.53 bits per heavy atom. The van der Waals surface area contributed by atoms with Crippen molar-refractivity contribution in [2.45, 2.75) is 128 Å². The molecule has 18 nitrogen and oxygen atoms in total. The number of H-pyrrole nitrogens is 1. The van der Waals surface area contributed by atoms with Gasteiger partial charge in [0.1, 0.15) is 23.5 Å². The first-order valence-electron chi connectivity index (χ1n) is 26.9. The van der Waals surface area contributed by atoms with Gasteiger partial charge >= 0.3 is 0 Å². The number of piperidine rings is 1. The number of hydrogen-bond donors (Lipinski definition) is 4. The number of aliphatic hydroxyl groups is 1. The molecule has 4 aliphatic rings. The SMILES string of the molecule is C#CCOc1cc(C(C(=O)N2C[C@H](O)C[C@H]2C(=O)NCc2ccc(-c3scnc3C)cc2O[C@H]2CC[C@H](N3CCC(c4cnc(N5CCc6[nH]c7nnc(-c8ccccc8O)cc7c6[C@@H]5C)nc4)CC3)CC2)C(C)C)on1. The van der Waals surface area contributed by atoms with Crippen LogP contribution in [0.1, 0.15) is 117 Å². The monoisotopic (exact) mass is 1060 g/mol. The number of aliphatic hydroxyl groups excluding tert-OH is 1. The fourth-order valence-electron chi connectivity index (χ4n) is 12.1. The fourth-order valence-corrected chi connectivity index (χ4v) is 12.9. The number of aromatic nitrogens is 7. The van der Waals surface area contributed by atoms with Crippen molar-refractivity contribution in [2.24, 2.45) is 5.92 Å². The zero-order chi connectivity index (χ0) is 53.3. The number of nitrogens with zero attached hydrogens (tertiary/aromatic N) is 9. The number of nitrogens with one attached hydrogen (secondary N) is 2. The number of para-hydroxylation sites is 1. The number of aromatic hydroxyl groups is 1. The minimum Gasteiger partial charge on any atom is -0.507 e. The zero-order valence-corrected chi connectivity index (χ0v) is 44.7. The Morgan fingerprint density at radius 2 is 1.79 bits per heavy atom. The standard InChI is InChI=1S/C58H65N11O7S/c1-6-23-74-51-27-50(76-66-51)52(33(2)3)57(73)69-31-41(70)25-47(69)56(72)59-28-38-12-11-37(54-34(4)62-32-77-54)24-49(38)75-42-15-13-40(14-16-42)67-20-17-36(18-21-67)39-29-60-58(61-30-39)68-22-19-45-53(35(68)5)44-26-46(64-65-55(44)63-45)43-9-7-8-10-48(43)71/h1,7-12,24,26-27,29-30,32-33,35-36,40-42,47,52,70-71H,13-23,25,28,31H2,2-5H3,(H,59,72)(H,63,65)/t35-,40-,41+,42-,47-,52?/m0/s1. The number of aryl methyl sites for hydroxylation is 1. The van der Waals surface area contributed by atoms with E-state index in [4.69, 9.17) is 30.4 Å². The number of anilines is 1. The molecule has 7 aromatic rings. The first-order chi connectivity index (χ1) is 37.4. The number of hydrogen-bond acceptors (Lipinski definition) is 16. The highest BCUT2D eigenvalue weighted by Gasteiger charge is 2.43. The van der Waals surface area contributed by atoms with E-state index in [0.717, 1.165) is 115 Å². The van der Waals surface area contributed by atoms with Crippen LogP contribution in [-0.2, 0) is 22.6 Å². The molecule has 2 aromatic carbocycles. The Morgan fingerprint density at radius 1 is 1.00 bits per heavy atom. The summed E-state index contributed by atoms with van der Waals surface area (Å²) in [5, 5.41) is 38.3. The average molecular weight is 1060 g/mol. The number of thiazole rings is 1. The number of phenols is 1. The van der Waals surface area contributed by atoms with Crippen LogP contribution >= 0.6 is 11.3 Å². The van der Waals surface area contributed by atoms with E-state index in [2.05, 4.69) is 59.3 Å². The molecule has 400 valence electrons. The van der Waals surface area contributed by atoms with E-state index in [0.29, 0.717) is 34.7 Å². The van der Waals surface area contributed by atoms with Crippen LogP contribution in [0, 0.1) is 25.2 Å². The van der Waals surface area contributed by atoms with Crippen LogP contribution in [0.2, 0.25) is 0 Å². The maximum Gasteiger partial charge on any atom is 0.255 e. The predicted molar refractivity (Wildman–Crippen MR) is 291 cm³/mol. The second-order valence-corrected chi connectivity index (χ2v) is 22.2. The van der Waals surface area contributed by atoms with Gasteiger partial charge in [0.25, 0.3) is 5.88 Å². The normalized spacial score (nSPS) is 21.5. The van der Waals surface area contributed by atoms with E-state index in [9.17, 15) is 19.8 Å². The van der Waals surface area contributed by atoms with Crippen molar-refractivity contribution >= 4 is 40.1 Å². The van der Waals surface area contributed by atoms with Gasteiger partial charge in [-0.2, -0.15) is 0 Å². The number of ether oxygens (including phenoxy) is 2. The maximum atomic E-state index is 14.2. The van der Waals surface area contributed by atoms with E-state index >= 15 is 0 Å². The third kappa shape index (κ3) is 10.7. The number of phenolic OH excluding ortho intramolecular Hbond substituents is 1. The van der Waals surface area contributed by atoms with Crippen molar-refractivity contribution in [3.63, 3.8) is 0 Å². The van der Waals surface area contributed by atoms with Gasteiger partial charge in [-0.05, 0) is 118 Å². The number of benzene rings is 2. The molecular weight excluding hydrogens is 995 g/mol. The lowest BCUT2D eigenvalue weighted by molar-refractivity contribution is -0.141. The number of terminal acetylenes is 1. The minimum absolute atomic E-state index is 0.00336. The second kappa shape index (κ2) is 22.3. The van der Waals surface area contributed by atoms with Gasteiger partial charge in [-0.1, -0.05) is 44.0 Å². The molecule has 2 saturated heterocycles. The Bertz CT molecular complexity index is 3280. The number of rotatable bonds is 15.